The molecule has 0 spiro atoms. The maximum atomic E-state index is 12.5. The minimum absolute atomic E-state index is 0.254. The predicted molar refractivity (Wildman–Crippen MR) is 73.2 cm³/mol. The van der Waals surface area contributed by atoms with E-state index in [4.69, 9.17) is 0 Å². The van der Waals surface area contributed by atoms with E-state index in [0.29, 0.717) is 19.0 Å². The average Bonchev–Trinajstić information content (AvgIpc) is 2.94. The molecule has 108 valence electrons. The summed E-state index contributed by atoms with van der Waals surface area (Å²) in [5, 5.41) is 9.63. The maximum Gasteiger partial charge on any atom is 0.246 e. The molecule has 0 bridgehead atoms. The van der Waals surface area contributed by atoms with Crippen LogP contribution in [0.2, 0.25) is 0 Å². The van der Waals surface area contributed by atoms with Crippen LogP contribution in [0.3, 0.4) is 0 Å². The molecule has 6 nitrogen and oxygen atoms in total. The smallest absolute Gasteiger partial charge is 0.246 e. The molecule has 1 atom stereocenters. The van der Waals surface area contributed by atoms with Gasteiger partial charge >= 0.3 is 0 Å². The Hall–Kier alpha value is -0.920. The third kappa shape index (κ3) is 3.55. The molecule has 0 aliphatic carbocycles. The van der Waals surface area contributed by atoms with Gasteiger partial charge in [-0.05, 0) is 38.3 Å². The fourth-order valence-corrected chi connectivity index (χ4v) is 3.97. The third-order valence-electron chi connectivity index (χ3n) is 3.44. The first-order valence-electron chi connectivity index (χ1n) is 6.84. The zero-order chi connectivity index (χ0) is 13.7. The summed E-state index contributed by atoms with van der Waals surface area (Å²) in [7, 11) is -3.41. The number of H-pyrrole nitrogens is 1. The SMILES string of the molecule is CCCN(CC1CCCNC1)S(=O)(=O)c1cn[nH]c1. The van der Waals surface area contributed by atoms with Crippen LogP contribution >= 0.6 is 0 Å². The van der Waals surface area contributed by atoms with E-state index in [-0.39, 0.29) is 4.90 Å². The van der Waals surface area contributed by atoms with Crippen LogP contribution in [0.4, 0.5) is 0 Å². The van der Waals surface area contributed by atoms with Crippen molar-refractivity contribution < 1.29 is 8.42 Å². The summed E-state index contributed by atoms with van der Waals surface area (Å²) in [5.74, 6) is 0.405. The minimum Gasteiger partial charge on any atom is -0.316 e. The van der Waals surface area contributed by atoms with Crippen LogP contribution in [-0.2, 0) is 10.0 Å². The van der Waals surface area contributed by atoms with E-state index in [0.717, 1.165) is 32.4 Å². The van der Waals surface area contributed by atoms with Gasteiger partial charge in [-0.2, -0.15) is 9.40 Å². The van der Waals surface area contributed by atoms with Crippen molar-refractivity contribution in [2.45, 2.75) is 31.1 Å². The van der Waals surface area contributed by atoms with Crippen molar-refractivity contribution in [1.29, 1.82) is 0 Å². The topological polar surface area (TPSA) is 78.1 Å². The molecule has 1 fully saturated rings. The third-order valence-corrected chi connectivity index (χ3v) is 5.28. The second-order valence-electron chi connectivity index (χ2n) is 5.01. The number of sulfonamides is 1. The molecule has 0 aromatic carbocycles. The Balaban J connectivity index is 2.10. The van der Waals surface area contributed by atoms with Crippen LogP contribution in [0, 0.1) is 5.92 Å². The molecule has 2 heterocycles. The van der Waals surface area contributed by atoms with Crippen LogP contribution in [0.15, 0.2) is 17.3 Å². The Morgan fingerprint density at radius 3 is 2.95 bits per heavy atom. The van der Waals surface area contributed by atoms with Crippen molar-refractivity contribution in [3.8, 4) is 0 Å². The molecule has 7 heteroatoms. The van der Waals surface area contributed by atoms with E-state index in [1.165, 1.54) is 12.4 Å². The average molecular weight is 286 g/mol. The fraction of sp³-hybridized carbons (Fsp3) is 0.750. The zero-order valence-corrected chi connectivity index (χ0v) is 12.1. The Morgan fingerprint density at radius 2 is 2.37 bits per heavy atom. The van der Waals surface area contributed by atoms with Crippen LogP contribution < -0.4 is 5.32 Å². The van der Waals surface area contributed by atoms with Crippen LogP contribution in [0.5, 0.6) is 0 Å². The first-order chi connectivity index (χ1) is 9.14. The monoisotopic (exact) mass is 286 g/mol. The summed E-state index contributed by atoms with van der Waals surface area (Å²) in [6.07, 6.45) is 5.84. The lowest BCUT2D eigenvalue weighted by atomic mass is 10.00. The number of aromatic nitrogens is 2. The van der Waals surface area contributed by atoms with Crippen molar-refractivity contribution in [1.82, 2.24) is 19.8 Å². The zero-order valence-electron chi connectivity index (χ0n) is 11.3. The molecule has 1 aliphatic rings. The van der Waals surface area contributed by atoms with Gasteiger partial charge in [0.2, 0.25) is 10.0 Å². The second-order valence-corrected chi connectivity index (χ2v) is 6.95. The number of aromatic amines is 1. The van der Waals surface area contributed by atoms with E-state index in [9.17, 15) is 8.42 Å². The highest BCUT2D eigenvalue weighted by atomic mass is 32.2. The van der Waals surface area contributed by atoms with Gasteiger partial charge in [-0.15, -0.1) is 0 Å². The van der Waals surface area contributed by atoms with Gasteiger partial charge in [-0.25, -0.2) is 8.42 Å². The van der Waals surface area contributed by atoms with E-state index in [1.54, 1.807) is 4.31 Å². The number of hydrogen-bond donors (Lipinski definition) is 2. The van der Waals surface area contributed by atoms with Crippen molar-refractivity contribution in [3.05, 3.63) is 12.4 Å². The van der Waals surface area contributed by atoms with Gasteiger partial charge in [0.05, 0.1) is 6.20 Å². The second kappa shape index (κ2) is 6.49. The van der Waals surface area contributed by atoms with E-state index in [1.807, 2.05) is 6.92 Å². The maximum absolute atomic E-state index is 12.5. The predicted octanol–water partition coefficient (Wildman–Crippen LogP) is 0.810. The molecule has 19 heavy (non-hydrogen) atoms. The quantitative estimate of drug-likeness (QED) is 0.811. The largest absolute Gasteiger partial charge is 0.316 e. The number of rotatable bonds is 6. The molecule has 1 saturated heterocycles. The lowest BCUT2D eigenvalue weighted by molar-refractivity contribution is 0.291. The van der Waals surface area contributed by atoms with Crippen molar-refractivity contribution in [2.75, 3.05) is 26.2 Å². The molecular weight excluding hydrogens is 264 g/mol. The van der Waals surface area contributed by atoms with Crippen LogP contribution in [0.1, 0.15) is 26.2 Å². The van der Waals surface area contributed by atoms with E-state index >= 15 is 0 Å². The lowest BCUT2D eigenvalue weighted by Crippen LogP contribution is -2.41. The summed E-state index contributed by atoms with van der Waals surface area (Å²) in [6, 6.07) is 0. The summed E-state index contributed by atoms with van der Waals surface area (Å²) >= 11 is 0. The molecule has 0 amide bonds. The molecule has 1 unspecified atom stereocenters. The molecule has 2 N–H and O–H groups in total. The highest BCUT2D eigenvalue weighted by molar-refractivity contribution is 7.89. The van der Waals surface area contributed by atoms with Gasteiger partial charge in [0.1, 0.15) is 4.90 Å². The van der Waals surface area contributed by atoms with Crippen molar-refractivity contribution in [2.24, 2.45) is 5.92 Å². The Bertz CT molecular complexity index is 466. The minimum atomic E-state index is -3.41. The molecule has 1 aliphatic heterocycles. The highest BCUT2D eigenvalue weighted by Crippen LogP contribution is 2.19. The number of piperidine rings is 1. The molecule has 1 aromatic heterocycles. The molecule has 2 rings (SSSR count). The standard InChI is InChI=1S/C12H22N4O2S/c1-2-6-16(10-11-4-3-5-13-7-11)19(17,18)12-8-14-15-9-12/h8-9,11,13H,2-7,10H2,1H3,(H,14,15). The van der Waals surface area contributed by atoms with Gasteiger partial charge in [0.25, 0.3) is 0 Å². The van der Waals surface area contributed by atoms with Crippen LogP contribution in [0.25, 0.3) is 0 Å². The van der Waals surface area contributed by atoms with Crippen molar-refractivity contribution in [3.63, 3.8) is 0 Å². The summed E-state index contributed by atoms with van der Waals surface area (Å²) < 4.78 is 26.6. The van der Waals surface area contributed by atoms with Gasteiger partial charge < -0.3 is 5.32 Å². The van der Waals surface area contributed by atoms with Gasteiger partial charge in [0.15, 0.2) is 0 Å². The molecular formula is C12H22N4O2S. The summed E-state index contributed by atoms with van der Waals surface area (Å²) in [5.41, 5.74) is 0. The fourth-order valence-electron chi connectivity index (χ4n) is 2.46. The summed E-state index contributed by atoms with van der Waals surface area (Å²) in [4.78, 5) is 0.254. The van der Waals surface area contributed by atoms with Crippen LogP contribution in [-0.4, -0.2) is 49.1 Å². The van der Waals surface area contributed by atoms with E-state index in [2.05, 4.69) is 15.5 Å². The number of nitrogens with zero attached hydrogens (tertiary/aromatic N) is 2. The van der Waals surface area contributed by atoms with E-state index < -0.39 is 10.0 Å². The first kappa shape index (κ1) is 14.5. The van der Waals surface area contributed by atoms with Gasteiger partial charge in [-0.1, -0.05) is 6.92 Å². The molecule has 0 radical (unpaired) electrons. The lowest BCUT2D eigenvalue weighted by Gasteiger charge is -2.29. The normalized spacial score (nSPS) is 20.8. The number of nitrogens with one attached hydrogen (secondary N) is 2. The Labute approximate surface area is 114 Å². The van der Waals surface area contributed by atoms with Crippen molar-refractivity contribution >= 4 is 10.0 Å². The molecule has 0 saturated carbocycles. The van der Waals surface area contributed by atoms with Gasteiger partial charge in [0, 0.05) is 19.3 Å². The molecule has 1 aromatic rings. The first-order valence-corrected chi connectivity index (χ1v) is 8.28. The Kier molecular flexibility index (Phi) is 4.95. The Morgan fingerprint density at radius 1 is 1.53 bits per heavy atom. The number of hydrogen-bond acceptors (Lipinski definition) is 4. The summed E-state index contributed by atoms with van der Waals surface area (Å²) in [6.45, 7) is 5.09. The highest BCUT2D eigenvalue weighted by Gasteiger charge is 2.27. The van der Waals surface area contributed by atoms with Gasteiger partial charge in [-0.3, -0.25) is 5.10 Å².